The third-order valence-electron chi connectivity index (χ3n) is 10.4. The van der Waals surface area contributed by atoms with Gasteiger partial charge in [-0.3, -0.25) is 4.79 Å². The third-order valence-corrected chi connectivity index (χ3v) is 10.6. The fourth-order valence-corrected chi connectivity index (χ4v) is 9.01. The monoisotopic (exact) mass is 448 g/mol. The molecule has 0 radical (unpaired) electrons. The lowest BCUT2D eigenvalue weighted by Gasteiger charge is -2.58. The lowest BCUT2D eigenvalue weighted by Crippen LogP contribution is -2.51. The van der Waals surface area contributed by atoms with Crippen molar-refractivity contribution in [3.63, 3.8) is 0 Å². The van der Waals surface area contributed by atoms with Gasteiger partial charge in [0.1, 0.15) is 6.10 Å². The molecule has 0 aliphatic heterocycles. The van der Waals surface area contributed by atoms with E-state index in [1.807, 2.05) is 0 Å². The molecule has 0 bridgehead atoms. The van der Waals surface area contributed by atoms with Crippen molar-refractivity contribution in [2.75, 3.05) is 0 Å². The van der Waals surface area contributed by atoms with Crippen LogP contribution >= 0.6 is 11.6 Å². The van der Waals surface area contributed by atoms with Gasteiger partial charge in [-0.25, -0.2) is 0 Å². The lowest BCUT2D eigenvalue weighted by atomic mass is 9.47. The Morgan fingerprint density at radius 2 is 1.90 bits per heavy atom. The average Bonchev–Trinajstić information content (AvgIpc) is 3.05. The van der Waals surface area contributed by atoms with Gasteiger partial charge in [0.2, 0.25) is 0 Å². The highest BCUT2D eigenvalue weighted by Gasteiger charge is 2.59. The van der Waals surface area contributed by atoms with Crippen LogP contribution in [0.15, 0.2) is 11.6 Å². The van der Waals surface area contributed by atoms with Gasteiger partial charge in [0.25, 0.3) is 0 Å². The van der Waals surface area contributed by atoms with Gasteiger partial charge in [0.15, 0.2) is 0 Å². The number of allylic oxidation sites excluding steroid dienone is 1. The number of hydrogen-bond donors (Lipinski definition) is 0. The van der Waals surface area contributed by atoms with Crippen LogP contribution in [0.4, 0.5) is 0 Å². The first-order chi connectivity index (χ1) is 14.6. The maximum Gasteiger partial charge on any atom is 0.302 e. The summed E-state index contributed by atoms with van der Waals surface area (Å²) in [5, 5.41) is 0.314. The molecular weight excluding hydrogens is 404 g/mol. The first-order valence-electron chi connectivity index (χ1n) is 13.2. The predicted molar refractivity (Wildman–Crippen MR) is 129 cm³/mol. The van der Waals surface area contributed by atoms with Gasteiger partial charge in [-0.05, 0) is 98.7 Å². The van der Waals surface area contributed by atoms with Gasteiger partial charge < -0.3 is 4.74 Å². The fraction of sp³-hybridized carbons (Fsp3) is 0.893. The highest BCUT2D eigenvalue weighted by molar-refractivity contribution is 6.20. The predicted octanol–water partition coefficient (Wildman–Crippen LogP) is 7.93. The van der Waals surface area contributed by atoms with Gasteiger partial charge in [-0.1, -0.05) is 45.3 Å². The molecule has 4 rings (SSSR count). The van der Waals surface area contributed by atoms with Crippen LogP contribution < -0.4 is 0 Å². The molecule has 2 nitrogen and oxygen atoms in total. The molecular formula is C28H45ClO2. The topological polar surface area (TPSA) is 26.3 Å². The van der Waals surface area contributed by atoms with E-state index in [4.69, 9.17) is 16.3 Å². The molecule has 0 spiro atoms. The number of rotatable bonds is 6. The summed E-state index contributed by atoms with van der Waals surface area (Å²) in [7, 11) is 0. The fourth-order valence-electron chi connectivity index (χ4n) is 8.86. The molecule has 1 unspecified atom stereocenters. The van der Waals surface area contributed by atoms with Crippen molar-refractivity contribution in [1.82, 2.24) is 0 Å². The average molecular weight is 449 g/mol. The van der Waals surface area contributed by atoms with Crippen LogP contribution in [0.5, 0.6) is 0 Å². The van der Waals surface area contributed by atoms with E-state index in [2.05, 4.69) is 33.8 Å². The molecule has 4 aliphatic rings. The molecule has 0 heterocycles. The van der Waals surface area contributed by atoms with E-state index in [0.29, 0.717) is 16.2 Å². The maximum absolute atomic E-state index is 11.5. The second-order valence-corrected chi connectivity index (χ2v) is 12.9. The number of alkyl halides is 1. The van der Waals surface area contributed by atoms with E-state index in [0.717, 1.165) is 48.9 Å². The number of esters is 1. The number of halogens is 1. The van der Waals surface area contributed by atoms with E-state index in [1.165, 1.54) is 51.4 Å². The number of carbonyl (C=O) groups excluding carboxylic acids is 1. The summed E-state index contributed by atoms with van der Waals surface area (Å²) in [6, 6.07) is 0. The van der Waals surface area contributed by atoms with Crippen LogP contribution in [-0.4, -0.2) is 17.5 Å². The SMILES string of the molecule is CC(=O)O[C@H]1CC[C@@]2(C)C(=CC[C@H]3[C@@H]4CC[C@H]([C@H](C)CCCC(C)Cl)[C@@]4(C)CC[C@@H]32)C1. The Morgan fingerprint density at radius 1 is 1.13 bits per heavy atom. The van der Waals surface area contributed by atoms with Crippen molar-refractivity contribution in [3.8, 4) is 0 Å². The summed E-state index contributed by atoms with van der Waals surface area (Å²) in [6.45, 7) is 11.4. The molecule has 0 amide bonds. The van der Waals surface area contributed by atoms with Gasteiger partial charge in [-0.15, -0.1) is 11.6 Å². The summed E-state index contributed by atoms with van der Waals surface area (Å²) in [4.78, 5) is 11.5. The standard InChI is InChI=1S/C28H45ClO2/c1-18(7-6-8-19(2)29)24-11-12-25-23-10-9-21-17-22(31-20(3)30)13-15-27(21,4)26(23)14-16-28(24,25)5/h9,18-19,22-26H,6-8,10-17H2,1-5H3/t18-,19?,22+,23+,24-,25+,26+,27+,28-/m1/s1. The molecule has 31 heavy (non-hydrogen) atoms. The van der Waals surface area contributed by atoms with Gasteiger partial charge in [0, 0.05) is 18.7 Å². The highest BCUT2D eigenvalue weighted by Crippen LogP contribution is 2.67. The van der Waals surface area contributed by atoms with Crippen LogP contribution in [0.25, 0.3) is 0 Å². The van der Waals surface area contributed by atoms with Crippen LogP contribution in [0, 0.1) is 40.4 Å². The van der Waals surface area contributed by atoms with E-state index < -0.39 is 0 Å². The lowest BCUT2D eigenvalue weighted by molar-refractivity contribution is -0.148. The smallest absolute Gasteiger partial charge is 0.302 e. The Labute approximate surface area is 195 Å². The molecule has 3 fully saturated rings. The Kier molecular flexibility index (Phi) is 6.89. The normalized spacial score (nSPS) is 43.8. The van der Waals surface area contributed by atoms with Crippen LogP contribution in [0.1, 0.15) is 105 Å². The summed E-state index contributed by atoms with van der Waals surface area (Å²) in [5.74, 6) is 4.18. The number of hydrogen-bond acceptors (Lipinski definition) is 2. The Hall–Kier alpha value is -0.500. The number of carbonyl (C=O) groups is 1. The minimum atomic E-state index is -0.122. The summed E-state index contributed by atoms with van der Waals surface area (Å²) in [5.41, 5.74) is 2.47. The van der Waals surface area contributed by atoms with Crippen LogP contribution in [-0.2, 0) is 9.53 Å². The van der Waals surface area contributed by atoms with Crippen molar-refractivity contribution in [2.24, 2.45) is 40.4 Å². The van der Waals surface area contributed by atoms with Crippen molar-refractivity contribution in [2.45, 2.75) is 117 Å². The molecule has 0 N–H and O–H groups in total. The zero-order valence-electron chi connectivity index (χ0n) is 20.6. The summed E-state index contributed by atoms with van der Waals surface area (Å²) >= 11 is 6.21. The zero-order chi connectivity index (χ0) is 22.4. The van der Waals surface area contributed by atoms with Crippen LogP contribution in [0.3, 0.4) is 0 Å². The van der Waals surface area contributed by atoms with E-state index in [9.17, 15) is 4.79 Å². The van der Waals surface area contributed by atoms with E-state index in [1.54, 1.807) is 12.5 Å². The first-order valence-corrected chi connectivity index (χ1v) is 13.6. The van der Waals surface area contributed by atoms with E-state index in [-0.39, 0.29) is 12.1 Å². The molecule has 0 aromatic rings. The quantitative estimate of drug-likeness (QED) is 0.234. The molecule has 9 atom stereocenters. The molecule has 0 aromatic carbocycles. The minimum Gasteiger partial charge on any atom is -0.462 e. The minimum absolute atomic E-state index is 0.106. The molecule has 4 aliphatic carbocycles. The first kappa shape index (κ1) is 23.7. The number of ether oxygens (including phenoxy) is 1. The Bertz CT molecular complexity index is 699. The molecule has 0 saturated heterocycles. The van der Waals surface area contributed by atoms with Crippen molar-refractivity contribution < 1.29 is 9.53 Å². The molecule has 176 valence electrons. The molecule has 3 saturated carbocycles. The third kappa shape index (κ3) is 4.36. The maximum atomic E-state index is 11.5. The van der Waals surface area contributed by atoms with E-state index >= 15 is 0 Å². The zero-order valence-corrected chi connectivity index (χ0v) is 21.3. The van der Waals surface area contributed by atoms with Gasteiger partial charge >= 0.3 is 5.97 Å². The van der Waals surface area contributed by atoms with Gasteiger partial charge in [-0.2, -0.15) is 0 Å². The summed E-state index contributed by atoms with van der Waals surface area (Å²) < 4.78 is 5.61. The van der Waals surface area contributed by atoms with Gasteiger partial charge in [0.05, 0.1) is 0 Å². The number of fused-ring (bicyclic) bond motifs is 5. The second kappa shape index (κ2) is 9.03. The Morgan fingerprint density at radius 3 is 2.61 bits per heavy atom. The largest absolute Gasteiger partial charge is 0.462 e. The van der Waals surface area contributed by atoms with Crippen molar-refractivity contribution >= 4 is 17.6 Å². The van der Waals surface area contributed by atoms with Crippen molar-refractivity contribution in [3.05, 3.63) is 11.6 Å². The second-order valence-electron chi connectivity index (χ2n) is 12.2. The highest BCUT2D eigenvalue weighted by atomic mass is 35.5. The molecule has 0 aromatic heterocycles. The summed E-state index contributed by atoms with van der Waals surface area (Å²) in [6.07, 6.45) is 16.6. The molecule has 3 heteroatoms. The van der Waals surface area contributed by atoms with Crippen LogP contribution in [0.2, 0.25) is 0 Å². The van der Waals surface area contributed by atoms with Crippen molar-refractivity contribution in [1.29, 1.82) is 0 Å². The Balaban J connectivity index is 1.47.